The number of hydrogen-bond acceptors (Lipinski definition) is 6. The highest BCUT2D eigenvalue weighted by Crippen LogP contribution is 2.23. The maximum atomic E-state index is 10.8. The monoisotopic (exact) mass is 267 g/mol. The Labute approximate surface area is 112 Å². The maximum absolute atomic E-state index is 10.8. The van der Waals surface area contributed by atoms with Crippen molar-refractivity contribution in [2.24, 2.45) is 5.84 Å². The van der Waals surface area contributed by atoms with Crippen LogP contribution in [0.1, 0.15) is 13.8 Å². The second kappa shape index (κ2) is 6.91. The summed E-state index contributed by atoms with van der Waals surface area (Å²) >= 11 is 0. The maximum Gasteiger partial charge on any atom is 0.273 e. The highest BCUT2D eigenvalue weighted by Gasteiger charge is 2.09. The largest absolute Gasteiger partial charge is 0.383 e. The van der Waals surface area contributed by atoms with Crippen LogP contribution in [0.3, 0.4) is 0 Å². The van der Waals surface area contributed by atoms with Crippen LogP contribution in [0.4, 0.5) is 17.1 Å². The van der Waals surface area contributed by atoms with Gasteiger partial charge in [-0.3, -0.25) is 16.0 Å². The molecule has 1 aromatic rings. The number of nitrogens with one attached hydrogen (secondary N) is 2. The molecule has 7 heteroatoms. The van der Waals surface area contributed by atoms with E-state index in [0.717, 1.165) is 6.54 Å². The fourth-order valence-corrected chi connectivity index (χ4v) is 1.54. The number of likely N-dealkylation sites (N-methyl/N-ethyl adjacent to an activating group) is 1. The number of non-ortho nitro benzene ring substituents is 1. The number of nitrogens with two attached hydrogens (primary N) is 1. The van der Waals surface area contributed by atoms with E-state index in [-0.39, 0.29) is 5.69 Å². The predicted octanol–water partition coefficient (Wildman–Crippen LogP) is 1.63. The number of nitrogen functional groups attached to an aromatic ring is 1. The molecule has 1 aromatic carbocycles. The molecule has 0 aliphatic carbocycles. The first-order valence-electron chi connectivity index (χ1n) is 6.14. The van der Waals surface area contributed by atoms with Crippen LogP contribution in [0.25, 0.3) is 0 Å². The third-order valence-electron chi connectivity index (χ3n) is 2.97. The van der Waals surface area contributed by atoms with E-state index in [1.54, 1.807) is 6.07 Å². The highest BCUT2D eigenvalue weighted by atomic mass is 16.6. The SMILES string of the molecule is CC(C)N(C)CCNc1cc(NN)cc([N+](=O)[O-])c1. The summed E-state index contributed by atoms with van der Waals surface area (Å²) in [4.78, 5) is 12.5. The normalized spacial score (nSPS) is 10.8. The first kappa shape index (κ1) is 15.2. The van der Waals surface area contributed by atoms with Crippen molar-refractivity contribution in [1.29, 1.82) is 0 Å². The molecule has 4 N–H and O–H groups in total. The minimum Gasteiger partial charge on any atom is -0.383 e. The summed E-state index contributed by atoms with van der Waals surface area (Å²) in [5.41, 5.74) is 3.62. The van der Waals surface area contributed by atoms with Crippen LogP contribution < -0.4 is 16.6 Å². The lowest BCUT2D eigenvalue weighted by molar-refractivity contribution is -0.384. The molecule has 0 radical (unpaired) electrons. The van der Waals surface area contributed by atoms with Gasteiger partial charge in [0.2, 0.25) is 0 Å². The van der Waals surface area contributed by atoms with Crippen LogP contribution in [0.15, 0.2) is 18.2 Å². The number of hydrogen-bond donors (Lipinski definition) is 3. The van der Waals surface area contributed by atoms with E-state index >= 15 is 0 Å². The molecule has 0 saturated carbocycles. The number of nitrogens with zero attached hydrogens (tertiary/aromatic N) is 2. The summed E-state index contributed by atoms with van der Waals surface area (Å²) in [7, 11) is 2.03. The summed E-state index contributed by atoms with van der Waals surface area (Å²) in [6.07, 6.45) is 0. The van der Waals surface area contributed by atoms with Crippen molar-refractivity contribution in [2.75, 3.05) is 30.9 Å². The molecule has 0 unspecified atom stereocenters. The highest BCUT2D eigenvalue weighted by molar-refractivity contribution is 5.63. The Balaban J connectivity index is 2.67. The molecule has 0 aliphatic heterocycles. The van der Waals surface area contributed by atoms with Crippen molar-refractivity contribution in [1.82, 2.24) is 4.90 Å². The summed E-state index contributed by atoms with van der Waals surface area (Å²) < 4.78 is 0. The molecule has 7 nitrogen and oxygen atoms in total. The van der Waals surface area contributed by atoms with Gasteiger partial charge in [-0.1, -0.05) is 0 Å². The number of nitro benzene ring substituents is 1. The number of nitro groups is 1. The molecule has 0 heterocycles. The van der Waals surface area contributed by atoms with E-state index in [0.29, 0.717) is 24.0 Å². The van der Waals surface area contributed by atoms with Gasteiger partial charge in [0.15, 0.2) is 0 Å². The molecule has 19 heavy (non-hydrogen) atoms. The molecule has 0 atom stereocenters. The van der Waals surface area contributed by atoms with Crippen molar-refractivity contribution in [3.63, 3.8) is 0 Å². The van der Waals surface area contributed by atoms with E-state index in [1.165, 1.54) is 12.1 Å². The molecule has 0 amide bonds. The van der Waals surface area contributed by atoms with E-state index in [4.69, 9.17) is 5.84 Å². The van der Waals surface area contributed by atoms with E-state index in [9.17, 15) is 10.1 Å². The van der Waals surface area contributed by atoms with Gasteiger partial charge in [0.05, 0.1) is 10.6 Å². The average Bonchev–Trinajstić information content (AvgIpc) is 2.37. The van der Waals surface area contributed by atoms with Crippen LogP contribution >= 0.6 is 0 Å². The fraction of sp³-hybridized carbons (Fsp3) is 0.500. The van der Waals surface area contributed by atoms with Crippen LogP contribution in [-0.4, -0.2) is 36.0 Å². The minimum atomic E-state index is -0.438. The second-order valence-corrected chi connectivity index (χ2v) is 4.67. The van der Waals surface area contributed by atoms with Crippen LogP contribution in [0, 0.1) is 10.1 Å². The molecule has 0 aromatic heterocycles. The van der Waals surface area contributed by atoms with Crippen molar-refractivity contribution in [2.45, 2.75) is 19.9 Å². The Morgan fingerprint density at radius 2 is 2.00 bits per heavy atom. The predicted molar refractivity (Wildman–Crippen MR) is 77.2 cm³/mol. The molecule has 0 spiro atoms. The van der Waals surface area contributed by atoms with Gasteiger partial charge in [0.25, 0.3) is 5.69 Å². The lowest BCUT2D eigenvalue weighted by atomic mass is 10.2. The van der Waals surface area contributed by atoms with E-state index in [1.807, 2.05) is 7.05 Å². The molecular formula is C12H21N5O2. The second-order valence-electron chi connectivity index (χ2n) is 4.67. The summed E-state index contributed by atoms with van der Waals surface area (Å²) in [5, 5.41) is 14.0. The summed E-state index contributed by atoms with van der Waals surface area (Å²) in [5.74, 6) is 5.30. The third kappa shape index (κ3) is 4.72. The molecule has 1 rings (SSSR count). The zero-order valence-electron chi connectivity index (χ0n) is 11.5. The first-order valence-corrected chi connectivity index (χ1v) is 6.14. The Morgan fingerprint density at radius 1 is 1.37 bits per heavy atom. The number of rotatable bonds is 7. The lowest BCUT2D eigenvalue weighted by Crippen LogP contribution is -2.31. The molecule has 106 valence electrons. The van der Waals surface area contributed by atoms with Crippen LogP contribution in [-0.2, 0) is 0 Å². The van der Waals surface area contributed by atoms with Crippen molar-refractivity contribution >= 4 is 17.1 Å². The molecule has 0 bridgehead atoms. The molecule has 0 saturated heterocycles. The molecule has 0 fully saturated rings. The number of hydrazine groups is 1. The molecule has 0 aliphatic rings. The van der Waals surface area contributed by atoms with Crippen molar-refractivity contribution < 1.29 is 4.92 Å². The van der Waals surface area contributed by atoms with Crippen molar-refractivity contribution in [3.8, 4) is 0 Å². The van der Waals surface area contributed by atoms with Crippen molar-refractivity contribution in [3.05, 3.63) is 28.3 Å². The minimum absolute atomic E-state index is 0.00941. The molecular weight excluding hydrogens is 246 g/mol. The Morgan fingerprint density at radius 3 is 2.53 bits per heavy atom. The van der Waals surface area contributed by atoms with Gasteiger partial charge in [0, 0.05) is 37.0 Å². The zero-order valence-corrected chi connectivity index (χ0v) is 11.5. The van der Waals surface area contributed by atoms with Crippen LogP contribution in [0.2, 0.25) is 0 Å². The quantitative estimate of drug-likeness (QED) is 0.395. The summed E-state index contributed by atoms with van der Waals surface area (Å²) in [6, 6.07) is 5.09. The van der Waals surface area contributed by atoms with Gasteiger partial charge in [-0.15, -0.1) is 0 Å². The topological polar surface area (TPSA) is 96.5 Å². The van der Waals surface area contributed by atoms with Gasteiger partial charge in [-0.2, -0.15) is 0 Å². The average molecular weight is 267 g/mol. The van der Waals surface area contributed by atoms with Gasteiger partial charge in [-0.05, 0) is 27.0 Å². The Hall–Kier alpha value is -1.86. The van der Waals surface area contributed by atoms with Gasteiger partial charge < -0.3 is 15.6 Å². The first-order chi connectivity index (χ1) is 8.93. The van der Waals surface area contributed by atoms with Crippen LogP contribution in [0.5, 0.6) is 0 Å². The van der Waals surface area contributed by atoms with E-state index in [2.05, 4.69) is 29.5 Å². The number of benzene rings is 1. The number of anilines is 2. The summed E-state index contributed by atoms with van der Waals surface area (Å²) in [6.45, 7) is 5.79. The van der Waals surface area contributed by atoms with Gasteiger partial charge in [0.1, 0.15) is 0 Å². The Bertz CT molecular complexity index is 436. The van der Waals surface area contributed by atoms with E-state index < -0.39 is 4.92 Å². The van der Waals surface area contributed by atoms with Gasteiger partial charge >= 0.3 is 0 Å². The smallest absolute Gasteiger partial charge is 0.273 e. The van der Waals surface area contributed by atoms with Gasteiger partial charge in [-0.25, -0.2) is 0 Å². The zero-order chi connectivity index (χ0) is 14.4. The Kier molecular flexibility index (Phi) is 5.53. The lowest BCUT2D eigenvalue weighted by Gasteiger charge is -2.21. The fourth-order valence-electron chi connectivity index (χ4n) is 1.54. The third-order valence-corrected chi connectivity index (χ3v) is 2.97. The standard InChI is InChI=1S/C12H21N5O2/c1-9(2)16(3)5-4-14-10-6-11(15-13)8-12(7-10)17(18)19/h6-9,14-15H,4-5,13H2,1-3H3.